The highest BCUT2D eigenvalue weighted by atomic mass is 127. The molecular formula is C22H19IN2O3. The first kappa shape index (κ1) is 21.3. The van der Waals surface area contributed by atoms with Crippen LogP contribution in [0.2, 0.25) is 0 Å². The number of carbonyl (C=O) groups excluding carboxylic acids is 1. The Labute approximate surface area is 178 Å². The number of ether oxygens (including phenoxy) is 2. The van der Waals surface area contributed by atoms with E-state index in [0.29, 0.717) is 22.7 Å². The van der Waals surface area contributed by atoms with E-state index in [-0.39, 0.29) is 12.2 Å². The molecule has 0 radical (unpaired) electrons. The number of amides is 1. The number of benzene rings is 2. The average molecular weight is 486 g/mol. The quantitative estimate of drug-likeness (QED) is 0.272. The number of terminal acetylenes is 1. The van der Waals surface area contributed by atoms with Gasteiger partial charge in [-0.25, -0.2) is 0 Å². The number of carbonyl (C=O) groups is 1. The van der Waals surface area contributed by atoms with Crippen molar-refractivity contribution in [2.24, 2.45) is 0 Å². The van der Waals surface area contributed by atoms with Gasteiger partial charge in [-0.1, -0.05) is 31.0 Å². The van der Waals surface area contributed by atoms with Crippen molar-refractivity contribution in [1.29, 1.82) is 5.26 Å². The highest BCUT2D eigenvalue weighted by Crippen LogP contribution is 2.34. The van der Waals surface area contributed by atoms with Crippen LogP contribution in [0.5, 0.6) is 11.5 Å². The van der Waals surface area contributed by atoms with Crippen LogP contribution >= 0.6 is 22.6 Å². The molecule has 0 spiro atoms. The molecule has 0 fully saturated rings. The number of nitrogens with zero attached hydrogens (tertiary/aromatic N) is 1. The summed E-state index contributed by atoms with van der Waals surface area (Å²) in [5, 5.41) is 12.3. The standard InChI is InChI=1S/C22H19IN2O3/c1-4-10-28-21-18(23)12-15(13-20(21)27-3)11-17(14-24)22(26)25-19-9-7-6-8-16(19)5-2/h1,6-9,11-13H,5,10H2,2-3H3,(H,25,26)/b17-11+. The average Bonchev–Trinajstić information content (AvgIpc) is 2.71. The fourth-order valence-electron chi connectivity index (χ4n) is 2.53. The maximum Gasteiger partial charge on any atom is 0.266 e. The Hall–Kier alpha value is -2.97. The zero-order chi connectivity index (χ0) is 20.5. The first-order chi connectivity index (χ1) is 13.5. The van der Waals surface area contributed by atoms with Gasteiger partial charge in [-0.2, -0.15) is 5.26 Å². The third-order valence-electron chi connectivity index (χ3n) is 3.87. The maximum absolute atomic E-state index is 12.6. The summed E-state index contributed by atoms with van der Waals surface area (Å²) < 4.78 is 11.6. The molecule has 0 aromatic heterocycles. The Bertz CT molecular complexity index is 984. The van der Waals surface area contributed by atoms with E-state index in [1.54, 1.807) is 12.1 Å². The number of nitriles is 1. The number of aryl methyl sites for hydroxylation is 1. The van der Waals surface area contributed by atoms with Gasteiger partial charge in [0.1, 0.15) is 18.2 Å². The van der Waals surface area contributed by atoms with E-state index < -0.39 is 5.91 Å². The van der Waals surface area contributed by atoms with E-state index >= 15 is 0 Å². The largest absolute Gasteiger partial charge is 0.493 e. The van der Waals surface area contributed by atoms with Gasteiger partial charge < -0.3 is 14.8 Å². The SMILES string of the molecule is C#CCOc1c(I)cc(/C=C(\C#N)C(=O)Nc2ccccc2CC)cc1OC. The van der Waals surface area contributed by atoms with Gasteiger partial charge in [-0.3, -0.25) is 4.79 Å². The van der Waals surface area contributed by atoms with Crippen molar-refractivity contribution >= 4 is 40.3 Å². The molecule has 5 nitrogen and oxygen atoms in total. The lowest BCUT2D eigenvalue weighted by atomic mass is 10.1. The Morgan fingerprint density at radius 1 is 1.36 bits per heavy atom. The highest BCUT2D eigenvalue weighted by Gasteiger charge is 2.14. The van der Waals surface area contributed by atoms with Crippen molar-refractivity contribution in [2.75, 3.05) is 19.0 Å². The topological polar surface area (TPSA) is 71.3 Å². The molecule has 1 amide bonds. The molecule has 2 rings (SSSR count). The number of halogens is 1. The molecule has 0 saturated carbocycles. The van der Waals surface area contributed by atoms with Gasteiger partial charge in [0.05, 0.1) is 10.7 Å². The minimum Gasteiger partial charge on any atom is -0.493 e. The van der Waals surface area contributed by atoms with Gasteiger partial charge in [-0.15, -0.1) is 6.42 Å². The van der Waals surface area contributed by atoms with Crippen LogP contribution in [0.3, 0.4) is 0 Å². The van der Waals surface area contributed by atoms with E-state index in [1.807, 2.05) is 37.3 Å². The number of hydrogen-bond donors (Lipinski definition) is 1. The molecule has 142 valence electrons. The van der Waals surface area contributed by atoms with Crippen LogP contribution < -0.4 is 14.8 Å². The number of anilines is 1. The van der Waals surface area contributed by atoms with Crippen LogP contribution in [-0.2, 0) is 11.2 Å². The van der Waals surface area contributed by atoms with E-state index in [2.05, 4.69) is 33.8 Å². The molecule has 0 atom stereocenters. The molecule has 28 heavy (non-hydrogen) atoms. The monoisotopic (exact) mass is 486 g/mol. The Balaban J connectivity index is 2.33. The van der Waals surface area contributed by atoms with Crippen LogP contribution in [0.25, 0.3) is 6.08 Å². The molecule has 1 N–H and O–H groups in total. The van der Waals surface area contributed by atoms with Crippen molar-refractivity contribution in [2.45, 2.75) is 13.3 Å². The molecule has 0 unspecified atom stereocenters. The maximum atomic E-state index is 12.6. The molecule has 0 aliphatic carbocycles. The van der Waals surface area contributed by atoms with Gasteiger partial charge in [-0.05, 0) is 64.4 Å². The van der Waals surface area contributed by atoms with Crippen LogP contribution in [0, 0.1) is 27.2 Å². The van der Waals surface area contributed by atoms with Gasteiger partial charge in [0.25, 0.3) is 5.91 Å². The van der Waals surface area contributed by atoms with Crippen molar-refractivity contribution in [1.82, 2.24) is 0 Å². The first-order valence-corrected chi connectivity index (χ1v) is 9.56. The van der Waals surface area contributed by atoms with Gasteiger partial charge in [0.15, 0.2) is 11.5 Å². The number of para-hydroxylation sites is 1. The Morgan fingerprint density at radius 3 is 2.75 bits per heavy atom. The van der Waals surface area contributed by atoms with Crippen LogP contribution in [-0.4, -0.2) is 19.6 Å². The number of nitrogens with one attached hydrogen (secondary N) is 1. The molecule has 2 aromatic rings. The molecule has 0 heterocycles. The fraction of sp³-hybridized carbons (Fsp3) is 0.182. The van der Waals surface area contributed by atoms with Gasteiger partial charge in [0, 0.05) is 5.69 Å². The molecule has 2 aromatic carbocycles. The summed E-state index contributed by atoms with van der Waals surface area (Å²) in [6.45, 7) is 2.12. The minimum absolute atomic E-state index is 0.0129. The predicted molar refractivity (Wildman–Crippen MR) is 118 cm³/mol. The summed E-state index contributed by atoms with van der Waals surface area (Å²) in [5.74, 6) is 2.94. The normalized spacial score (nSPS) is 10.5. The lowest BCUT2D eigenvalue weighted by Crippen LogP contribution is -2.14. The second kappa shape index (κ2) is 10.4. The molecule has 0 aliphatic rings. The summed E-state index contributed by atoms with van der Waals surface area (Å²) >= 11 is 2.09. The summed E-state index contributed by atoms with van der Waals surface area (Å²) in [5.41, 5.74) is 2.33. The fourth-order valence-corrected chi connectivity index (χ4v) is 3.31. The highest BCUT2D eigenvalue weighted by molar-refractivity contribution is 14.1. The lowest BCUT2D eigenvalue weighted by molar-refractivity contribution is -0.112. The second-order valence-electron chi connectivity index (χ2n) is 5.66. The van der Waals surface area contributed by atoms with Gasteiger partial charge in [0.2, 0.25) is 0 Å². The van der Waals surface area contributed by atoms with E-state index in [9.17, 15) is 10.1 Å². The third kappa shape index (κ3) is 5.28. The van der Waals surface area contributed by atoms with E-state index in [4.69, 9.17) is 15.9 Å². The minimum atomic E-state index is -0.468. The molecule has 0 saturated heterocycles. The second-order valence-corrected chi connectivity index (χ2v) is 6.82. The summed E-state index contributed by atoms with van der Waals surface area (Å²) in [6.07, 6.45) is 7.53. The number of rotatable bonds is 7. The predicted octanol–water partition coefficient (Wildman–Crippen LogP) is 4.42. The lowest BCUT2D eigenvalue weighted by Gasteiger charge is -2.12. The van der Waals surface area contributed by atoms with Crippen LogP contribution in [0.1, 0.15) is 18.1 Å². The Morgan fingerprint density at radius 2 is 2.11 bits per heavy atom. The first-order valence-electron chi connectivity index (χ1n) is 8.48. The zero-order valence-corrected chi connectivity index (χ0v) is 17.7. The molecule has 6 heteroatoms. The number of methoxy groups -OCH3 is 1. The summed E-state index contributed by atoms with van der Waals surface area (Å²) in [7, 11) is 1.52. The third-order valence-corrected chi connectivity index (χ3v) is 4.68. The Kier molecular flexibility index (Phi) is 7.91. The van der Waals surface area contributed by atoms with E-state index in [0.717, 1.165) is 15.6 Å². The molecule has 0 bridgehead atoms. The molecular weight excluding hydrogens is 467 g/mol. The number of hydrogen-bond acceptors (Lipinski definition) is 4. The van der Waals surface area contributed by atoms with Crippen molar-refractivity contribution in [3.63, 3.8) is 0 Å². The van der Waals surface area contributed by atoms with Crippen LogP contribution in [0.15, 0.2) is 42.0 Å². The van der Waals surface area contributed by atoms with Crippen molar-refractivity contribution < 1.29 is 14.3 Å². The van der Waals surface area contributed by atoms with Crippen LogP contribution in [0.4, 0.5) is 5.69 Å². The summed E-state index contributed by atoms with van der Waals surface area (Å²) in [6, 6.07) is 12.9. The van der Waals surface area contributed by atoms with Crippen molar-refractivity contribution in [3.8, 4) is 29.9 Å². The van der Waals surface area contributed by atoms with E-state index in [1.165, 1.54) is 13.2 Å². The van der Waals surface area contributed by atoms with Crippen molar-refractivity contribution in [3.05, 3.63) is 56.7 Å². The van der Waals surface area contributed by atoms with Gasteiger partial charge >= 0.3 is 0 Å². The smallest absolute Gasteiger partial charge is 0.266 e. The molecule has 0 aliphatic heterocycles. The zero-order valence-electron chi connectivity index (χ0n) is 15.6. The summed E-state index contributed by atoms with van der Waals surface area (Å²) in [4.78, 5) is 12.6.